The molecule has 5 heteroatoms. The molecule has 0 bridgehead atoms. The summed E-state index contributed by atoms with van der Waals surface area (Å²) >= 11 is 0. The second-order valence-electron chi connectivity index (χ2n) is 6.33. The van der Waals surface area contributed by atoms with E-state index in [1.807, 2.05) is 25.1 Å². The fraction of sp³-hybridized carbons (Fsp3) is 0.611. The average Bonchev–Trinajstić information content (AvgIpc) is 3.00. The predicted molar refractivity (Wildman–Crippen MR) is 90.9 cm³/mol. The minimum atomic E-state index is -0.215. The average molecular weight is 320 g/mol. The summed E-state index contributed by atoms with van der Waals surface area (Å²) < 4.78 is 11.4. The van der Waals surface area contributed by atoms with E-state index < -0.39 is 0 Å². The predicted octanol–water partition coefficient (Wildman–Crippen LogP) is 2.84. The minimum Gasteiger partial charge on any atom is -0.492 e. The minimum absolute atomic E-state index is 0.0902. The van der Waals surface area contributed by atoms with E-state index in [1.165, 1.54) is 5.56 Å². The molecule has 0 saturated carbocycles. The standard InChI is InChI=1S/C18H28N2O3/c1-4-15-7-5-8-16(13-15)22-12-10-20(3)17(21)19-14-18(2)9-6-11-23-18/h5,7-8,13H,4,6,9-12,14H2,1-3H3,(H,19,21)/t18-/m0/s1. The van der Waals surface area contributed by atoms with Gasteiger partial charge in [0.1, 0.15) is 12.4 Å². The summed E-state index contributed by atoms with van der Waals surface area (Å²) in [5, 5.41) is 2.94. The first kappa shape index (κ1) is 17.6. The van der Waals surface area contributed by atoms with Gasteiger partial charge < -0.3 is 19.7 Å². The lowest BCUT2D eigenvalue weighted by molar-refractivity contribution is 0.0220. The van der Waals surface area contributed by atoms with E-state index in [1.54, 1.807) is 11.9 Å². The second kappa shape index (κ2) is 8.20. The first-order valence-electron chi connectivity index (χ1n) is 8.37. The summed E-state index contributed by atoms with van der Waals surface area (Å²) in [6.45, 7) is 6.52. The number of benzene rings is 1. The van der Waals surface area contributed by atoms with Crippen LogP contribution < -0.4 is 10.1 Å². The third kappa shape index (κ3) is 5.43. The van der Waals surface area contributed by atoms with E-state index in [9.17, 15) is 4.79 Å². The molecule has 0 aliphatic carbocycles. The van der Waals surface area contributed by atoms with Crippen molar-refractivity contribution in [3.05, 3.63) is 29.8 Å². The van der Waals surface area contributed by atoms with Gasteiger partial charge in [0.25, 0.3) is 0 Å². The summed E-state index contributed by atoms with van der Waals surface area (Å²) in [4.78, 5) is 13.7. The van der Waals surface area contributed by atoms with Crippen molar-refractivity contribution in [2.75, 3.05) is 33.4 Å². The first-order chi connectivity index (χ1) is 11.0. The van der Waals surface area contributed by atoms with Gasteiger partial charge in [-0.3, -0.25) is 0 Å². The van der Waals surface area contributed by atoms with Crippen LogP contribution in [0.5, 0.6) is 5.75 Å². The molecule has 2 amide bonds. The number of hydrogen-bond acceptors (Lipinski definition) is 3. The Morgan fingerprint density at radius 3 is 3.00 bits per heavy atom. The van der Waals surface area contributed by atoms with Gasteiger partial charge in [-0.15, -0.1) is 0 Å². The molecule has 1 saturated heterocycles. The van der Waals surface area contributed by atoms with Crippen molar-refractivity contribution in [1.82, 2.24) is 10.2 Å². The highest BCUT2D eigenvalue weighted by molar-refractivity contribution is 5.73. The molecule has 1 fully saturated rings. The van der Waals surface area contributed by atoms with Crippen LogP contribution >= 0.6 is 0 Å². The highest BCUT2D eigenvalue weighted by Gasteiger charge is 2.30. The van der Waals surface area contributed by atoms with E-state index in [-0.39, 0.29) is 11.6 Å². The van der Waals surface area contributed by atoms with Gasteiger partial charge in [-0.25, -0.2) is 4.79 Å². The van der Waals surface area contributed by atoms with Crippen molar-refractivity contribution in [3.8, 4) is 5.75 Å². The molecular formula is C18H28N2O3. The number of carbonyl (C=O) groups excluding carboxylic acids is 1. The van der Waals surface area contributed by atoms with Crippen LogP contribution in [0.4, 0.5) is 4.79 Å². The van der Waals surface area contributed by atoms with Crippen LogP contribution in [0.3, 0.4) is 0 Å². The molecule has 128 valence electrons. The molecule has 0 aromatic heterocycles. The second-order valence-corrected chi connectivity index (χ2v) is 6.33. The van der Waals surface area contributed by atoms with Crippen molar-refractivity contribution in [3.63, 3.8) is 0 Å². The van der Waals surface area contributed by atoms with Gasteiger partial charge in [-0.05, 0) is 43.9 Å². The van der Waals surface area contributed by atoms with Crippen LogP contribution in [0.2, 0.25) is 0 Å². The lowest BCUT2D eigenvalue weighted by Crippen LogP contribution is -2.46. The van der Waals surface area contributed by atoms with Crippen molar-refractivity contribution in [1.29, 1.82) is 0 Å². The van der Waals surface area contributed by atoms with E-state index in [0.29, 0.717) is 19.7 Å². The smallest absolute Gasteiger partial charge is 0.317 e. The Labute approximate surface area is 139 Å². The largest absolute Gasteiger partial charge is 0.492 e. The Kier molecular flexibility index (Phi) is 6.28. The molecule has 1 aliphatic rings. The molecule has 1 atom stereocenters. The summed E-state index contributed by atoms with van der Waals surface area (Å²) in [6, 6.07) is 7.97. The fourth-order valence-corrected chi connectivity index (χ4v) is 2.63. The third-order valence-corrected chi connectivity index (χ3v) is 4.26. The molecule has 2 rings (SSSR count). The monoisotopic (exact) mass is 320 g/mol. The maximum atomic E-state index is 12.1. The molecule has 0 radical (unpaired) electrons. The van der Waals surface area contributed by atoms with E-state index in [0.717, 1.165) is 31.6 Å². The number of amides is 2. The zero-order chi connectivity index (χ0) is 16.7. The number of rotatable bonds is 7. The van der Waals surface area contributed by atoms with Gasteiger partial charge in [0.15, 0.2) is 0 Å². The van der Waals surface area contributed by atoms with Crippen molar-refractivity contribution >= 4 is 6.03 Å². The van der Waals surface area contributed by atoms with Crippen LogP contribution in [0.25, 0.3) is 0 Å². The molecule has 1 aromatic rings. The van der Waals surface area contributed by atoms with Crippen molar-refractivity contribution in [2.45, 2.75) is 38.7 Å². The quantitative estimate of drug-likeness (QED) is 0.840. The maximum absolute atomic E-state index is 12.1. The molecule has 0 spiro atoms. The molecule has 1 N–H and O–H groups in total. The molecular weight excluding hydrogens is 292 g/mol. The van der Waals surface area contributed by atoms with E-state index >= 15 is 0 Å². The number of nitrogens with zero attached hydrogens (tertiary/aromatic N) is 1. The van der Waals surface area contributed by atoms with Crippen LogP contribution in [0, 0.1) is 0 Å². The van der Waals surface area contributed by atoms with Crippen LogP contribution in [-0.2, 0) is 11.2 Å². The molecule has 1 heterocycles. The zero-order valence-electron chi connectivity index (χ0n) is 14.4. The Balaban J connectivity index is 1.69. The van der Waals surface area contributed by atoms with E-state index in [4.69, 9.17) is 9.47 Å². The van der Waals surface area contributed by atoms with Gasteiger partial charge >= 0.3 is 6.03 Å². The highest BCUT2D eigenvalue weighted by atomic mass is 16.5. The van der Waals surface area contributed by atoms with Crippen LogP contribution in [-0.4, -0.2) is 49.9 Å². The number of carbonyl (C=O) groups is 1. The van der Waals surface area contributed by atoms with Crippen LogP contribution in [0.15, 0.2) is 24.3 Å². The van der Waals surface area contributed by atoms with Gasteiger partial charge in [0.2, 0.25) is 0 Å². The Bertz CT molecular complexity index is 513. The number of ether oxygens (including phenoxy) is 2. The molecule has 23 heavy (non-hydrogen) atoms. The summed E-state index contributed by atoms with van der Waals surface area (Å²) in [5.41, 5.74) is 1.03. The van der Waals surface area contributed by atoms with Gasteiger partial charge in [0, 0.05) is 20.2 Å². The van der Waals surface area contributed by atoms with Gasteiger partial charge in [0.05, 0.1) is 12.1 Å². The fourth-order valence-electron chi connectivity index (χ4n) is 2.63. The normalized spacial score (nSPS) is 20.3. The SMILES string of the molecule is CCc1cccc(OCCN(C)C(=O)NC[C@]2(C)CCCO2)c1. The highest BCUT2D eigenvalue weighted by Crippen LogP contribution is 2.23. The van der Waals surface area contributed by atoms with E-state index in [2.05, 4.69) is 18.3 Å². The third-order valence-electron chi connectivity index (χ3n) is 4.26. The van der Waals surface area contributed by atoms with Gasteiger partial charge in [-0.1, -0.05) is 19.1 Å². The molecule has 0 unspecified atom stereocenters. The topological polar surface area (TPSA) is 50.8 Å². The molecule has 1 aliphatic heterocycles. The Hall–Kier alpha value is -1.75. The molecule has 5 nitrogen and oxygen atoms in total. The summed E-state index contributed by atoms with van der Waals surface area (Å²) in [7, 11) is 1.78. The maximum Gasteiger partial charge on any atom is 0.317 e. The zero-order valence-corrected chi connectivity index (χ0v) is 14.4. The number of likely N-dealkylation sites (N-methyl/N-ethyl adjacent to an activating group) is 1. The Morgan fingerprint density at radius 2 is 2.30 bits per heavy atom. The lowest BCUT2D eigenvalue weighted by atomic mass is 10.0. The van der Waals surface area contributed by atoms with Crippen molar-refractivity contribution in [2.24, 2.45) is 0 Å². The number of urea groups is 1. The molecule has 1 aromatic carbocycles. The number of hydrogen-bond donors (Lipinski definition) is 1. The van der Waals surface area contributed by atoms with Crippen LogP contribution in [0.1, 0.15) is 32.3 Å². The van der Waals surface area contributed by atoms with Crippen molar-refractivity contribution < 1.29 is 14.3 Å². The number of nitrogens with one attached hydrogen (secondary N) is 1. The Morgan fingerprint density at radius 1 is 1.48 bits per heavy atom. The first-order valence-corrected chi connectivity index (χ1v) is 8.37. The number of aryl methyl sites for hydroxylation is 1. The van der Waals surface area contributed by atoms with Gasteiger partial charge in [-0.2, -0.15) is 0 Å². The summed E-state index contributed by atoms with van der Waals surface area (Å²) in [6.07, 6.45) is 3.04. The summed E-state index contributed by atoms with van der Waals surface area (Å²) in [5.74, 6) is 0.852. The lowest BCUT2D eigenvalue weighted by Gasteiger charge is -2.25.